The number of nitrogens with zero attached hydrogens (tertiary/aromatic N) is 7. The molecule has 0 N–H and O–H groups in total. The van der Waals surface area contributed by atoms with E-state index in [1.807, 2.05) is 37.8 Å². The van der Waals surface area contributed by atoms with Gasteiger partial charge < -0.3 is 19.4 Å². The lowest BCUT2D eigenvalue weighted by Gasteiger charge is -2.43. The van der Waals surface area contributed by atoms with Gasteiger partial charge in [0.05, 0.1) is 11.1 Å². The minimum absolute atomic E-state index is 0.210. The van der Waals surface area contributed by atoms with E-state index in [0.717, 1.165) is 63.1 Å². The number of ether oxygens (including phenoxy) is 1. The van der Waals surface area contributed by atoms with E-state index in [1.54, 1.807) is 6.20 Å². The number of benzene rings is 2. The van der Waals surface area contributed by atoms with Crippen LogP contribution in [-0.4, -0.2) is 102 Å². The fourth-order valence-corrected chi connectivity index (χ4v) is 7.92. The van der Waals surface area contributed by atoms with Gasteiger partial charge in [-0.15, -0.1) is 0 Å². The Balaban J connectivity index is 0.982. The van der Waals surface area contributed by atoms with Gasteiger partial charge in [-0.2, -0.15) is 5.26 Å². The first-order valence-electron chi connectivity index (χ1n) is 16.5. The van der Waals surface area contributed by atoms with Crippen LogP contribution in [0.3, 0.4) is 0 Å². The van der Waals surface area contributed by atoms with Crippen molar-refractivity contribution in [3.63, 3.8) is 0 Å². The van der Waals surface area contributed by atoms with Crippen LogP contribution >= 0.6 is 0 Å². The number of amides is 1. The van der Waals surface area contributed by atoms with Crippen molar-refractivity contribution in [1.29, 1.82) is 5.26 Å². The molecule has 5 heterocycles. The molecule has 0 saturated carbocycles. The molecule has 1 unspecified atom stereocenters. The Morgan fingerprint density at radius 1 is 0.956 bits per heavy atom. The van der Waals surface area contributed by atoms with Crippen LogP contribution in [0.5, 0.6) is 0 Å². The number of hydrogen-bond donors (Lipinski definition) is 0. The van der Waals surface area contributed by atoms with Crippen LogP contribution in [0.25, 0.3) is 10.9 Å². The highest BCUT2D eigenvalue weighted by Crippen LogP contribution is 2.36. The number of nitriles is 1. The van der Waals surface area contributed by atoms with Gasteiger partial charge in [-0.05, 0) is 88.1 Å². The van der Waals surface area contributed by atoms with E-state index < -0.39 is 5.60 Å². The van der Waals surface area contributed by atoms with E-state index in [1.165, 1.54) is 28.9 Å². The summed E-state index contributed by atoms with van der Waals surface area (Å²) in [5.74, 6) is 0. The summed E-state index contributed by atoms with van der Waals surface area (Å²) in [6.45, 7) is 16.4. The molecule has 45 heavy (non-hydrogen) atoms. The van der Waals surface area contributed by atoms with Crippen LogP contribution < -0.4 is 9.80 Å². The summed E-state index contributed by atoms with van der Waals surface area (Å²) in [4.78, 5) is 29.3. The number of hydrogen-bond acceptors (Lipinski definition) is 8. The maximum atomic E-state index is 12.5. The quantitative estimate of drug-likeness (QED) is 0.417. The van der Waals surface area contributed by atoms with E-state index >= 15 is 0 Å². The van der Waals surface area contributed by atoms with Crippen LogP contribution in [0.1, 0.15) is 50.8 Å². The Hall–Kier alpha value is -3.87. The SMILES string of the molecule is C[C@@H]1CN(c2ccc(C#N)c3ncccc23)C[C@@H]2CC(N3CCc4cc(N5CCN(C(=O)OC(C)(C)C)CC5)ccc4C3)CN21. The lowest BCUT2D eigenvalue weighted by molar-refractivity contribution is 0.0240. The van der Waals surface area contributed by atoms with Crippen molar-refractivity contribution >= 4 is 28.4 Å². The van der Waals surface area contributed by atoms with Gasteiger partial charge in [0, 0.05) is 100.0 Å². The molecule has 0 aliphatic carbocycles. The average molecular weight is 608 g/mol. The minimum Gasteiger partial charge on any atom is -0.444 e. The summed E-state index contributed by atoms with van der Waals surface area (Å²) in [6, 6.07) is 19.0. The molecule has 4 aliphatic rings. The standard InChI is InChI=1S/C36H45N7O2/c1-25-21-42(33-10-8-27(20-37)34-32(33)6-5-12-38-34)23-31-19-30(24-43(25)31)41-13-11-26-18-29(9-7-28(26)22-41)39-14-16-40(17-15-39)35(44)45-36(2,3)4/h5-10,12,18,25,30-31H,11,13-17,19,21-24H2,1-4H3/t25-,30?,31+/m1/s1. The van der Waals surface area contributed by atoms with Gasteiger partial charge in [0.1, 0.15) is 11.7 Å². The third kappa shape index (κ3) is 5.94. The zero-order valence-electron chi connectivity index (χ0n) is 27.1. The van der Waals surface area contributed by atoms with Crippen LogP contribution in [0.2, 0.25) is 0 Å². The molecule has 7 rings (SSSR count). The van der Waals surface area contributed by atoms with Crippen molar-refractivity contribution < 1.29 is 9.53 Å². The monoisotopic (exact) mass is 607 g/mol. The lowest BCUT2D eigenvalue weighted by atomic mass is 9.96. The van der Waals surface area contributed by atoms with Gasteiger partial charge >= 0.3 is 6.09 Å². The van der Waals surface area contributed by atoms with Crippen LogP contribution in [0, 0.1) is 11.3 Å². The zero-order valence-corrected chi connectivity index (χ0v) is 27.1. The highest BCUT2D eigenvalue weighted by atomic mass is 16.6. The van der Waals surface area contributed by atoms with E-state index in [-0.39, 0.29) is 6.09 Å². The second-order valence-electron chi connectivity index (χ2n) is 14.3. The van der Waals surface area contributed by atoms with E-state index in [2.05, 4.69) is 67.9 Å². The molecule has 9 heteroatoms. The van der Waals surface area contributed by atoms with Crippen LogP contribution in [-0.2, 0) is 17.7 Å². The summed E-state index contributed by atoms with van der Waals surface area (Å²) in [5, 5.41) is 10.7. The molecule has 2 aromatic carbocycles. The molecule has 3 saturated heterocycles. The Morgan fingerprint density at radius 2 is 1.78 bits per heavy atom. The molecule has 236 valence electrons. The fourth-order valence-electron chi connectivity index (χ4n) is 7.92. The molecule has 0 bridgehead atoms. The van der Waals surface area contributed by atoms with Crippen molar-refractivity contribution in [2.24, 2.45) is 0 Å². The van der Waals surface area contributed by atoms with Crippen molar-refractivity contribution in [2.45, 2.75) is 70.8 Å². The molecule has 9 nitrogen and oxygen atoms in total. The maximum absolute atomic E-state index is 12.5. The molecule has 1 amide bonds. The number of carbonyl (C=O) groups is 1. The van der Waals surface area contributed by atoms with Crippen molar-refractivity contribution in [1.82, 2.24) is 19.7 Å². The number of carbonyl (C=O) groups excluding carboxylic acids is 1. The number of rotatable bonds is 3. The highest BCUT2D eigenvalue weighted by Gasteiger charge is 2.42. The minimum atomic E-state index is -0.466. The van der Waals surface area contributed by atoms with Crippen molar-refractivity contribution in [3.8, 4) is 6.07 Å². The Kier molecular flexibility index (Phi) is 7.83. The predicted octanol–water partition coefficient (Wildman–Crippen LogP) is 4.87. The summed E-state index contributed by atoms with van der Waals surface area (Å²) in [7, 11) is 0. The highest BCUT2D eigenvalue weighted by molar-refractivity contribution is 5.95. The fraction of sp³-hybridized carbons (Fsp3) is 0.528. The summed E-state index contributed by atoms with van der Waals surface area (Å²) < 4.78 is 5.58. The molecule has 3 atom stereocenters. The van der Waals surface area contributed by atoms with E-state index in [9.17, 15) is 10.1 Å². The third-order valence-corrected chi connectivity index (χ3v) is 10.2. The Labute approximate surface area is 266 Å². The average Bonchev–Trinajstić information content (AvgIpc) is 3.48. The van der Waals surface area contributed by atoms with Gasteiger partial charge in [-0.3, -0.25) is 14.8 Å². The molecule has 4 aliphatic heterocycles. The van der Waals surface area contributed by atoms with Crippen LogP contribution in [0.15, 0.2) is 48.7 Å². The number of aromatic nitrogens is 1. The number of piperazine rings is 2. The molecular formula is C36H45N7O2. The van der Waals surface area contributed by atoms with Crippen LogP contribution in [0.4, 0.5) is 16.2 Å². The molecule has 3 fully saturated rings. The van der Waals surface area contributed by atoms with Gasteiger partial charge in [0.2, 0.25) is 0 Å². The molecule has 3 aromatic rings. The maximum Gasteiger partial charge on any atom is 0.410 e. The third-order valence-electron chi connectivity index (χ3n) is 10.2. The Morgan fingerprint density at radius 3 is 2.56 bits per heavy atom. The summed E-state index contributed by atoms with van der Waals surface area (Å²) in [6.07, 6.45) is 3.83. The first-order chi connectivity index (χ1) is 21.7. The lowest BCUT2D eigenvalue weighted by Crippen LogP contribution is -2.55. The smallest absolute Gasteiger partial charge is 0.410 e. The Bertz CT molecular complexity index is 1620. The number of fused-ring (bicyclic) bond motifs is 3. The summed E-state index contributed by atoms with van der Waals surface area (Å²) >= 11 is 0. The van der Waals surface area contributed by atoms with Gasteiger partial charge in [-0.1, -0.05) is 6.07 Å². The van der Waals surface area contributed by atoms with Crippen molar-refractivity contribution in [2.75, 3.05) is 62.2 Å². The molecule has 0 radical (unpaired) electrons. The molecule has 1 aromatic heterocycles. The van der Waals surface area contributed by atoms with E-state index in [4.69, 9.17) is 4.74 Å². The molecular weight excluding hydrogens is 562 g/mol. The number of anilines is 2. The summed E-state index contributed by atoms with van der Waals surface area (Å²) in [5.41, 5.74) is 6.36. The predicted molar refractivity (Wildman–Crippen MR) is 178 cm³/mol. The first kappa shape index (κ1) is 29.8. The van der Waals surface area contributed by atoms with Gasteiger partial charge in [-0.25, -0.2) is 4.79 Å². The van der Waals surface area contributed by atoms with E-state index in [0.29, 0.717) is 36.8 Å². The molecule has 0 spiro atoms. The largest absolute Gasteiger partial charge is 0.444 e. The normalized spacial score (nSPS) is 24.3. The zero-order chi connectivity index (χ0) is 31.3. The van der Waals surface area contributed by atoms with Gasteiger partial charge in [0.15, 0.2) is 0 Å². The topological polar surface area (TPSA) is 79.2 Å². The second kappa shape index (κ2) is 11.8. The number of pyridine rings is 1. The first-order valence-corrected chi connectivity index (χ1v) is 16.5. The van der Waals surface area contributed by atoms with Gasteiger partial charge in [0.25, 0.3) is 0 Å². The second-order valence-corrected chi connectivity index (χ2v) is 14.3. The van der Waals surface area contributed by atoms with Crippen molar-refractivity contribution in [3.05, 3.63) is 65.4 Å².